The minimum Gasteiger partial charge on any atom is -0.489 e. The van der Waals surface area contributed by atoms with Crippen molar-refractivity contribution >= 4 is 38.9 Å². The van der Waals surface area contributed by atoms with E-state index in [1.807, 2.05) is 31.3 Å². The van der Waals surface area contributed by atoms with Gasteiger partial charge in [0.15, 0.2) is 0 Å². The number of likely N-dealkylation sites (N-methyl/N-ethyl adjacent to an activating group) is 1. The van der Waals surface area contributed by atoms with Crippen LogP contribution in [0.1, 0.15) is 11.8 Å². The normalized spacial score (nSPS) is 14.0. The molecule has 2 unspecified atom stereocenters. The van der Waals surface area contributed by atoms with Gasteiger partial charge in [-0.05, 0) is 59.5 Å². The second kappa shape index (κ2) is 7.46. The van der Waals surface area contributed by atoms with Gasteiger partial charge in [-0.2, -0.15) is 0 Å². The lowest BCUT2D eigenvalue weighted by Crippen LogP contribution is -2.40. The molecule has 0 aliphatic heterocycles. The van der Waals surface area contributed by atoms with E-state index in [2.05, 4.69) is 39.6 Å². The summed E-state index contributed by atoms with van der Waals surface area (Å²) in [6.45, 7) is 2.07. The monoisotopic (exact) mass is 373 g/mol. The second-order valence-corrected chi connectivity index (χ2v) is 6.86. The van der Waals surface area contributed by atoms with Gasteiger partial charge in [0.1, 0.15) is 11.9 Å². The Morgan fingerprint density at radius 2 is 2.20 bits per heavy atom. The fourth-order valence-corrected chi connectivity index (χ4v) is 3.76. The van der Waals surface area contributed by atoms with E-state index in [4.69, 9.17) is 16.3 Å². The van der Waals surface area contributed by atoms with Gasteiger partial charge >= 0.3 is 0 Å². The summed E-state index contributed by atoms with van der Waals surface area (Å²) in [6, 6.07) is 9.83. The van der Waals surface area contributed by atoms with Crippen LogP contribution in [-0.4, -0.2) is 19.2 Å². The molecule has 1 heterocycles. The van der Waals surface area contributed by atoms with Gasteiger partial charge in [0.05, 0.1) is 0 Å². The van der Waals surface area contributed by atoms with Crippen LogP contribution in [-0.2, 0) is 6.42 Å². The Hall–Kier alpha value is -0.550. The predicted octanol–water partition coefficient (Wildman–Crippen LogP) is 4.76. The molecule has 1 aromatic carbocycles. The molecule has 0 amide bonds. The van der Waals surface area contributed by atoms with Crippen LogP contribution in [0.2, 0.25) is 5.02 Å². The van der Waals surface area contributed by atoms with Crippen LogP contribution in [0.5, 0.6) is 5.75 Å². The molecule has 0 spiro atoms. The maximum absolute atomic E-state index is 5.98. The highest BCUT2D eigenvalue weighted by atomic mass is 79.9. The van der Waals surface area contributed by atoms with Crippen molar-refractivity contribution < 1.29 is 4.74 Å². The molecular weight excluding hydrogens is 358 g/mol. The summed E-state index contributed by atoms with van der Waals surface area (Å²) >= 11 is 11.3. The minimum atomic E-state index is 0.0486. The fraction of sp³-hybridized carbons (Fsp3) is 0.333. The van der Waals surface area contributed by atoms with E-state index in [-0.39, 0.29) is 12.1 Å². The first-order chi connectivity index (χ1) is 9.60. The van der Waals surface area contributed by atoms with E-state index in [0.717, 1.165) is 16.6 Å². The third-order valence-corrected chi connectivity index (χ3v) is 5.34. The summed E-state index contributed by atoms with van der Waals surface area (Å²) in [4.78, 5) is 1.32. The average Bonchev–Trinajstić information content (AvgIpc) is 2.81. The molecule has 2 atom stereocenters. The Kier molecular flexibility index (Phi) is 5.90. The number of ether oxygens (including phenoxy) is 1. The number of benzene rings is 1. The van der Waals surface area contributed by atoms with Crippen molar-refractivity contribution in [1.29, 1.82) is 0 Å². The van der Waals surface area contributed by atoms with Crippen LogP contribution >= 0.6 is 38.9 Å². The largest absolute Gasteiger partial charge is 0.489 e. The van der Waals surface area contributed by atoms with Crippen molar-refractivity contribution in [3.8, 4) is 5.75 Å². The van der Waals surface area contributed by atoms with Crippen LogP contribution in [0, 0.1) is 0 Å². The van der Waals surface area contributed by atoms with Crippen LogP contribution in [0.15, 0.2) is 40.2 Å². The van der Waals surface area contributed by atoms with Crippen molar-refractivity contribution in [3.63, 3.8) is 0 Å². The van der Waals surface area contributed by atoms with Gasteiger partial charge in [0.25, 0.3) is 0 Å². The molecule has 108 valence electrons. The SMILES string of the molecule is CNC(Cc1sccc1Br)C(C)Oc1cccc(Cl)c1. The maximum atomic E-state index is 5.98. The molecule has 0 bridgehead atoms. The number of hydrogen-bond acceptors (Lipinski definition) is 3. The number of hydrogen-bond donors (Lipinski definition) is 1. The van der Waals surface area contributed by atoms with Crippen LogP contribution < -0.4 is 10.1 Å². The van der Waals surface area contributed by atoms with Crippen molar-refractivity contribution in [2.75, 3.05) is 7.05 Å². The summed E-state index contributed by atoms with van der Waals surface area (Å²) in [5.74, 6) is 0.801. The molecule has 0 aliphatic rings. The Morgan fingerprint density at radius 1 is 1.40 bits per heavy atom. The molecule has 0 fully saturated rings. The average molecular weight is 375 g/mol. The number of nitrogens with one attached hydrogen (secondary N) is 1. The summed E-state index contributed by atoms with van der Waals surface area (Å²) in [7, 11) is 1.96. The molecule has 1 N–H and O–H groups in total. The lowest BCUT2D eigenvalue weighted by atomic mass is 10.1. The van der Waals surface area contributed by atoms with Crippen LogP contribution in [0.25, 0.3) is 0 Å². The van der Waals surface area contributed by atoms with E-state index in [0.29, 0.717) is 5.02 Å². The third-order valence-electron chi connectivity index (χ3n) is 3.15. The molecule has 2 aromatic rings. The molecule has 0 aliphatic carbocycles. The van der Waals surface area contributed by atoms with E-state index < -0.39 is 0 Å². The zero-order chi connectivity index (χ0) is 14.5. The quantitative estimate of drug-likeness (QED) is 0.787. The molecule has 0 saturated heterocycles. The molecule has 20 heavy (non-hydrogen) atoms. The van der Waals surface area contributed by atoms with Gasteiger partial charge < -0.3 is 10.1 Å². The molecule has 1 aromatic heterocycles. The molecule has 2 rings (SSSR count). The highest BCUT2D eigenvalue weighted by molar-refractivity contribution is 9.10. The van der Waals surface area contributed by atoms with Crippen molar-refractivity contribution in [3.05, 3.63) is 50.1 Å². The van der Waals surface area contributed by atoms with Crippen molar-refractivity contribution in [1.82, 2.24) is 5.32 Å². The molecule has 0 radical (unpaired) electrons. The minimum absolute atomic E-state index is 0.0486. The number of halogens is 2. The fourth-order valence-electron chi connectivity index (χ4n) is 2.01. The second-order valence-electron chi connectivity index (χ2n) is 4.57. The summed E-state index contributed by atoms with van der Waals surface area (Å²) in [5.41, 5.74) is 0. The van der Waals surface area contributed by atoms with Crippen molar-refractivity contribution in [2.24, 2.45) is 0 Å². The van der Waals surface area contributed by atoms with Gasteiger partial charge in [-0.15, -0.1) is 11.3 Å². The van der Waals surface area contributed by atoms with E-state index in [1.165, 1.54) is 4.88 Å². The Morgan fingerprint density at radius 3 is 2.80 bits per heavy atom. The zero-order valence-electron chi connectivity index (χ0n) is 11.4. The Labute approximate surface area is 137 Å². The Balaban J connectivity index is 2.02. The molecule has 0 saturated carbocycles. The van der Waals surface area contributed by atoms with E-state index in [9.17, 15) is 0 Å². The summed E-state index contributed by atoms with van der Waals surface area (Å²) in [6.07, 6.45) is 0.976. The first-order valence-corrected chi connectivity index (χ1v) is 8.46. The highest BCUT2D eigenvalue weighted by Crippen LogP contribution is 2.25. The molecule has 2 nitrogen and oxygen atoms in total. The van der Waals surface area contributed by atoms with Crippen LogP contribution in [0.4, 0.5) is 0 Å². The lowest BCUT2D eigenvalue weighted by molar-refractivity contribution is 0.174. The van der Waals surface area contributed by atoms with Gasteiger partial charge in [-0.25, -0.2) is 0 Å². The Bertz CT molecular complexity index is 560. The first kappa shape index (κ1) is 15.8. The van der Waals surface area contributed by atoms with Gasteiger partial charge in [0.2, 0.25) is 0 Å². The molecular formula is C15H17BrClNOS. The van der Waals surface area contributed by atoms with Gasteiger partial charge in [0, 0.05) is 26.8 Å². The van der Waals surface area contributed by atoms with Gasteiger partial charge in [-0.3, -0.25) is 0 Å². The topological polar surface area (TPSA) is 21.3 Å². The zero-order valence-corrected chi connectivity index (χ0v) is 14.6. The lowest BCUT2D eigenvalue weighted by Gasteiger charge is -2.24. The summed E-state index contributed by atoms with van der Waals surface area (Å²) < 4.78 is 7.14. The van der Waals surface area contributed by atoms with Gasteiger partial charge in [-0.1, -0.05) is 17.7 Å². The molecule has 5 heteroatoms. The van der Waals surface area contributed by atoms with Crippen molar-refractivity contribution in [2.45, 2.75) is 25.5 Å². The third kappa shape index (κ3) is 4.22. The van der Waals surface area contributed by atoms with Crippen LogP contribution in [0.3, 0.4) is 0 Å². The standard InChI is InChI=1S/C15H17BrClNOS/c1-10(19-12-5-3-4-11(17)8-12)14(18-2)9-15-13(16)6-7-20-15/h3-8,10,14,18H,9H2,1-2H3. The van der Waals surface area contributed by atoms with E-state index in [1.54, 1.807) is 11.3 Å². The first-order valence-electron chi connectivity index (χ1n) is 6.41. The number of rotatable bonds is 6. The number of thiophene rings is 1. The summed E-state index contributed by atoms with van der Waals surface area (Å²) in [5, 5.41) is 6.11. The highest BCUT2D eigenvalue weighted by Gasteiger charge is 2.19. The smallest absolute Gasteiger partial charge is 0.121 e. The predicted molar refractivity (Wildman–Crippen MR) is 90.1 cm³/mol. The van der Waals surface area contributed by atoms with E-state index >= 15 is 0 Å². The maximum Gasteiger partial charge on any atom is 0.121 e.